The largest absolute Gasteiger partial charge is 0.310 e. The third-order valence-corrected chi connectivity index (χ3v) is 14.5. The molecule has 10 aromatic carbocycles. The lowest BCUT2D eigenvalue weighted by atomic mass is 9.59. The van der Waals surface area contributed by atoms with Crippen molar-refractivity contribution in [3.05, 3.63) is 307 Å². The third kappa shape index (κ3) is 6.79. The number of rotatable bonds is 7. The van der Waals surface area contributed by atoms with E-state index in [-0.39, 0.29) is 0 Å². The van der Waals surface area contributed by atoms with Crippen molar-refractivity contribution in [1.29, 1.82) is 0 Å². The van der Waals surface area contributed by atoms with E-state index < -0.39 is 5.41 Å². The molecule has 0 saturated heterocycles. The van der Waals surface area contributed by atoms with Crippen LogP contribution in [0.5, 0.6) is 0 Å². The van der Waals surface area contributed by atoms with Gasteiger partial charge in [0.05, 0.1) is 28.2 Å². The van der Waals surface area contributed by atoms with Gasteiger partial charge >= 0.3 is 0 Å². The molecule has 2 heterocycles. The van der Waals surface area contributed by atoms with Gasteiger partial charge in [0.25, 0.3) is 0 Å². The summed E-state index contributed by atoms with van der Waals surface area (Å²) in [6, 6.07) is 91.9. The van der Waals surface area contributed by atoms with Gasteiger partial charge in [0.15, 0.2) is 0 Å². The number of anilines is 6. The number of fused-ring (bicyclic) bond motifs is 8. The van der Waals surface area contributed by atoms with Gasteiger partial charge in [-0.25, -0.2) is 0 Å². The van der Waals surface area contributed by atoms with E-state index in [1.165, 1.54) is 77.9 Å². The first-order valence-corrected chi connectivity index (χ1v) is 24.3. The molecule has 0 fully saturated rings. The first kappa shape index (κ1) is 41.2. The Balaban J connectivity index is 1.07. The Morgan fingerprint density at radius 2 is 0.714 bits per heavy atom. The van der Waals surface area contributed by atoms with Crippen LogP contribution in [0.15, 0.2) is 279 Å². The van der Waals surface area contributed by atoms with E-state index in [1.807, 2.05) is 0 Å². The van der Waals surface area contributed by atoms with E-state index in [9.17, 15) is 0 Å². The van der Waals surface area contributed by atoms with Crippen LogP contribution >= 0.6 is 0 Å². The molecule has 0 amide bonds. The highest BCUT2D eigenvalue weighted by molar-refractivity contribution is 5.98. The Hall–Kier alpha value is -8.98. The zero-order valence-corrected chi connectivity index (χ0v) is 38.7. The molecule has 0 radical (unpaired) electrons. The fraction of sp³-hybridized carbons (Fsp3) is 0.0294. The number of hydrogen-bond acceptors (Lipinski definition) is 2. The molecule has 0 aromatic heterocycles. The Labute approximate surface area is 410 Å². The normalized spacial score (nSPS) is 14.0. The van der Waals surface area contributed by atoms with Gasteiger partial charge in [0.1, 0.15) is 0 Å². The van der Waals surface area contributed by atoms with Gasteiger partial charge in [-0.3, -0.25) is 0 Å². The van der Waals surface area contributed by atoms with Crippen molar-refractivity contribution in [3.8, 4) is 44.5 Å². The van der Waals surface area contributed by atoms with E-state index in [0.717, 1.165) is 40.5 Å². The van der Waals surface area contributed by atoms with Crippen molar-refractivity contribution in [3.63, 3.8) is 0 Å². The smallest absolute Gasteiger partial charge is 0.0783 e. The summed E-state index contributed by atoms with van der Waals surface area (Å²) >= 11 is 0. The van der Waals surface area contributed by atoms with Crippen LogP contribution in [0.1, 0.15) is 34.2 Å². The molecular weight excluding hydrogens is 845 g/mol. The second kappa shape index (κ2) is 17.3. The number of hydrogen-bond donors (Lipinski definition) is 0. The summed E-state index contributed by atoms with van der Waals surface area (Å²) in [7, 11) is 0. The van der Waals surface area contributed by atoms with E-state index in [2.05, 4.69) is 289 Å². The van der Waals surface area contributed by atoms with Crippen molar-refractivity contribution < 1.29 is 0 Å². The van der Waals surface area contributed by atoms with E-state index >= 15 is 0 Å². The number of nitrogens with zero attached hydrogens (tertiary/aromatic N) is 2. The molecule has 10 aromatic rings. The average molecular weight is 893 g/mol. The van der Waals surface area contributed by atoms with Crippen LogP contribution < -0.4 is 9.80 Å². The van der Waals surface area contributed by atoms with Crippen LogP contribution in [0.3, 0.4) is 0 Å². The minimum atomic E-state index is -0.703. The lowest BCUT2D eigenvalue weighted by molar-refractivity contribution is 0.719. The second-order valence-electron chi connectivity index (χ2n) is 18.3. The topological polar surface area (TPSA) is 6.48 Å². The lowest BCUT2D eigenvalue weighted by Crippen LogP contribution is -2.42. The van der Waals surface area contributed by atoms with Gasteiger partial charge in [-0.2, -0.15) is 0 Å². The van der Waals surface area contributed by atoms with Crippen LogP contribution in [-0.4, -0.2) is 0 Å². The Morgan fingerprint density at radius 1 is 0.300 bits per heavy atom. The third-order valence-electron chi connectivity index (χ3n) is 14.5. The van der Waals surface area contributed by atoms with Crippen molar-refractivity contribution in [2.24, 2.45) is 0 Å². The summed E-state index contributed by atoms with van der Waals surface area (Å²) in [6.07, 6.45) is 12.1. The summed E-state index contributed by atoms with van der Waals surface area (Å²) in [6.45, 7) is 0. The lowest BCUT2D eigenvalue weighted by Gasteiger charge is -2.51. The maximum atomic E-state index is 2.52. The Morgan fingerprint density at radius 3 is 1.23 bits per heavy atom. The van der Waals surface area contributed by atoms with E-state index in [4.69, 9.17) is 0 Å². The van der Waals surface area contributed by atoms with Crippen LogP contribution in [0.25, 0.3) is 50.1 Å². The SMILES string of the molecule is C1=CCC=C(c2cc(-c3ccccc3)ccc2-c2ccc3c(c2)C2(c4ccccc4N(c4ccc(-c5ccccc5)cc4)c4ccccc42)c2ccccc2N3c2ccc(-c3ccccc3)cc2)C=C1. The molecule has 1 spiro atoms. The van der Waals surface area contributed by atoms with Gasteiger partial charge in [0.2, 0.25) is 0 Å². The Kier molecular flexibility index (Phi) is 10.2. The quantitative estimate of drug-likeness (QED) is 0.157. The Bertz CT molecular complexity index is 3550. The molecule has 13 rings (SSSR count). The monoisotopic (exact) mass is 892 g/mol. The van der Waals surface area contributed by atoms with Crippen LogP contribution in [-0.2, 0) is 5.41 Å². The molecule has 0 saturated carbocycles. The number of para-hydroxylation sites is 3. The summed E-state index contributed by atoms with van der Waals surface area (Å²) in [5, 5.41) is 0. The van der Waals surface area contributed by atoms with E-state index in [0.29, 0.717) is 0 Å². The minimum absolute atomic E-state index is 0.703. The highest BCUT2D eigenvalue weighted by Gasteiger charge is 2.52. The molecule has 2 nitrogen and oxygen atoms in total. The van der Waals surface area contributed by atoms with Crippen molar-refractivity contribution in [2.45, 2.75) is 11.8 Å². The van der Waals surface area contributed by atoms with Crippen molar-refractivity contribution in [1.82, 2.24) is 0 Å². The molecule has 2 heteroatoms. The molecule has 0 unspecified atom stereocenters. The minimum Gasteiger partial charge on any atom is -0.310 e. The van der Waals surface area contributed by atoms with Gasteiger partial charge < -0.3 is 9.80 Å². The standard InChI is InChI=1S/C68H48N2/c1-2-7-27-53(26-6-1)59-46-54(50-24-12-5-13-25-50)38-44-58(59)55-39-45-67-63(47-55)68(62-30-16-19-33-66(62)70(67)57-42-36-52(37-43-57)49-22-10-4-11-23-49)60-28-14-17-31-64(60)69(65-32-18-15-29-61(65)68)56-40-34-51(35-41-56)48-20-8-3-9-21-48/h1-6,8-47H,7H2. The molecule has 1 aliphatic carbocycles. The van der Waals surface area contributed by atoms with Gasteiger partial charge in [-0.1, -0.05) is 218 Å². The molecule has 3 aliphatic rings. The molecule has 0 atom stereocenters. The molecule has 70 heavy (non-hydrogen) atoms. The maximum Gasteiger partial charge on any atom is 0.0783 e. The average Bonchev–Trinajstić information content (AvgIpc) is 3.74. The maximum absolute atomic E-state index is 2.52. The number of benzene rings is 10. The summed E-state index contributed by atoms with van der Waals surface area (Å²) in [4.78, 5) is 4.97. The molecule has 0 bridgehead atoms. The summed E-state index contributed by atoms with van der Waals surface area (Å²) in [5.74, 6) is 0. The fourth-order valence-corrected chi connectivity index (χ4v) is 11.3. The number of allylic oxidation sites excluding steroid dienone is 6. The summed E-state index contributed by atoms with van der Waals surface area (Å²) < 4.78 is 0. The predicted octanol–water partition coefficient (Wildman–Crippen LogP) is 18.2. The van der Waals surface area contributed by atoms with Crippen LogP contribution in [0.4, 0.5) is 34.1 Å². The van der Waals surface area contributed by atoms with Crippen molar-refractivity contribution in [2.75, 3.05) is 9.80 Å². The van der Waals surface area contributed by atoms with E-state index in [1.54, 1.807) is 0 Å². The van der Waals surface area contributed by atoms with Gasteiger partial charge in [0, 0.05) is 11.4 Å². The summed E-state index contributed by atoms with van der Waals surface area (Å²) in [5.41, 5.74) is 23.1. The zero-order chi connectivity index (χ0) is 46.4. The second-order valence-corrected chi connectivity index (χ2v) is 18.3. The molecular formula is C68H48N2. The first-order valence-electron chi connectivity index (χ1n) is 24.3. The van der Waals surface area contributed by atoms with Crippen LogP contribution in [0.2, 0.25) is 0 Å². The zero-order valence-electron chi connectivity index (χ0n) is 38.7. The van der Waals surface area contributed by atoms with Gasteiger partial charge in [-0.15, -0.1) is 0 Å². The highest BCUT2D eigenvalue weighted by atomic mass is 15.2. The highest BCUT2D eigenvalue weighted by Crippen LogP contribution is 2.64. The molecule has 0 N–H and O–H groups in total. The molecule has 330 valence electrons. The fourth-order valence-electron chi connectivity index (χ4n) is 11.3. The van der Waals surface area contributed by atoms with Gasteiger partial charge in [-0.05, 0) is 145 Å². The molecule has 2 aliphatic heterocycles. The predicted molar refractivity (Wildman–Crippen MR) is 294 cm³/mol. The first-order chi connectivity index (χ1) is 34.7. The van der Waals surface area contributed by atoms with Crippen LogP contribution in [0, 0.1) is 0 Å². The van der Waals surface area contributed by atoms with Crippen molar-refractivity contribution >= 4 is 39.7 Å².